The van der Waals surface area contributed by atoms with Gasteiger partial charge in [-0.3, -0.25) is 0 Å². The van der Waals surface area contributed by atoms with Crippen LogP contribution in [-0.2, 0) is 11.2 Å². The van der Waals surface area contributed by atoms with E-state index in [1.165, 1.54) is 0 Å². The predicted molar refractivity (Wildman–Crippen MR) is 66.8 cm³/mol. The number of nitrogens with one attached hydrogen (secondary N) is 1. The van der Waals surface area contributed by atoms with Crippen molar-refractivity contribution in [2.24, 2.45) is 0 Å². The smallest absolute Gasteiger partial charge is 0.359 e. The zero-order chi connectivity index (χ0) is 13.1. The fourth-order valence-corrected chi connectivity index (χ4v) is 1.38. The number of nitrogens with two attached hydrogens (primary N) is 1. The number of aryl methyl sites for hydroxylation is 1. The topological polar surface area (TPSA) is 81.0 Å². The summed E-state index contributed by atoms with van der Waals surface area (Å²) in [5.74, 6) is 0.501. The molecule has 0 aliphatic rings. The summed E-state index contributed by atoms with van der Waals surface area (Å²) in [5.41, 5.74) is 5.42. The molecule has 0 radical (unpaired) electrons. The molecule has 0 bridgehead atoms. The molecule has 1 rings (SSSR count). The van der Waals surface area contributed by atoms with Crippen molar-refractivity contribution in [3.63, 3.8) is 0 Å². The van der Waals surface area contributed by atoms with Crippen molar-refractivity contribution in [3.8, 4) is 0 Å². The van der Waals surface area contributed by atoms with E-state index < -0.39 is 11.6 Å². The second-order valence-electron chi connectivity index (χ2n) is 5.05. The van der Waals surface area contributed by atoms with E-state index in [0.717, 1.165) is 25.1 Å². The van der Waals surface area contributed by atoms with Crippen molar-refractivity contribution >= 4 is 11.8 Å². The molecule has 5 heteroatoms. The molecule has 0 atom stereocenters. The Morgan fingerprint density at radius 3 is 2.65 bits per heavy atom. The quantitative estimate of drug-likeness (QED) is 0.790. The fourth-order valence-electron chi connectivity index (χ4n) is 1.38. The molecule has 0 amide bonds. The first kappa shape index (κ1) is 13.5. The summed E-state index contributed by atoms with van der Waals surface area (Å²) in [6.07, 6.45) is 2.88. The zero-order valence-corrected chi connectivity index (χ0v) is 11.0. The number of unbranched alkanes of at least 4 members (excludes halogenated alkanes) is 1. The minimum Gasteiger partial charge on any atom is -0.455 e. The summed E-state index contributed by atoms with van der Waals surface area (Å²) in [7, 11) is 0. The van der Waals surface area contributed by atoms with Gasteiger partial charge in [0.1, 0.15) is 11.4 Å². The summed E-state index contributed by atoms with van der Waals surface area (Å²) in [6.45, 7) is 7.54. The van der Waals surface area contributed by atoms with Crippen LogP contribution < -0.4 is 5.73 Å². The third-order valence-electron chi connectivity index (χ3n) is 2.15. The molecular weight excluding hydrogens is 218 g/mol. The number of rotatable bonds is 4. The van der Waals surface area contributed by atoms with Crippen LogP contribution in [0.25, 0.3) is 0 Å². The molecule has 0 aliphatic heterocycles. The highest BCUT2D eigenvalue weighted by Crippen LogP contribution is 2.16. The van der Waals surface area contributed by atoms with E-state index in [1.807, 2.05) is 20.8 Å². The van der Waals surface area contributed by atoms with Crippen molar-refractivity contribution in [1.29, 1.82) is 0 Å². The van der Waals surface area contributed by atoms with E-state index in [2.05, 4.69) is 16.9 Å². The lowest BCUT2D eigenvalue weighted by Crippen LogP contribution is -2.24. The standard InChI is InChI=1S/C12H21N3O2/c1-5-6-7-8-14-9(10(13)15-8)11(16)17-12(2,3)4/h5-7,13H2,1-4H3,(H,14,15). The Hall–Kier alpha value is -1.52. The zero-order valence-electron chi connectivity index (χ0n) is 11.0. The van der Waals surface area contributed by atoms with Gasteiger partial charge >= 0.3 is 5.97 Å². The lowest BCUT2D eigenvalue weighted by Gasteiger charge is -2.18. The lowest BCUT2D eigenvalue weighted by atomic mass is 10.2. The Labute approximate surface area is 102 Å². The minimum absolute atomic E-state index is 0.213. The van der Waals surface area contributed by atoms with Crippen LogP contribution in [0, 0.1) is 0 Å². The van der Waals surface area contributed by atoms with E-state index >= 15 is 0 Å². The molecule has 0 spiro atoms. The first-order valence-corrected chi connectivity index (χ1v) is 5.91. The van der Waals surface area contributed by atoms with Crippen LogP contribution in [0.15, 0.2) is 0 Å². The number of imidazole rings is 1. The van der Waals surface area contributed by atoms with E-state index in [0.29, 0.717) is 0 Å². The molecule has 0 aromatic carbocycles. The molecule has 0 saturated carbocycles. The number of aromatic nitrogens is 2. The van der Waals surface area contributed by atoms with Crippen LogP contribution in [-0.4, -0.2) is 21.5 Å². The first-order chi connectivity index (χ1) is 7.83. The Morgan fingerprint density at radius 2 is 2.12 bits per heavy atom. The Kier molecular flexibility index (Phi) is 4.15. The number of ether oxygens (including phenoxy) is 1. The van der Waals surface area contributed by atoms with E-state index in [-0.39, 0.29) is 11.5 Å². The third kappa shape index (κ3) is 4.09. The molecule has 17 heavy (non-hydrogen) atoms. The largest absolute Gasteiger partial charge is 0.455 e. The summed E-state index contributed by atoms with van der Waals surface area (Å²) in [4.78, 5) is 18.8. The predicted octanol–water partition coefficient (Wildman–Crippen LogP) is 2.29. The maximum atomic E-state index is 11.8. The SMILES string of the molecule is CCCCc1nc(N)c(C(=O)OC(C)(C)C)[nH]1. The van der Waals surface area contributed by atoms with Gasteiger partial charge in [-0.05, 0) is 27.2 Å². The maximum Gasteiger partial charge on any atom is 0.359 e. The van der Waals surface area contributed by atoms with Gasteiger partial charge in [-0.1, -0.05) is 13.3 Å². The molecule has 1 heterocycles. The van der Waals surface area contributed by atoms with Crippen molar-refractivity contribution in [3.05, 3.63) is 11.5 Å². The van der Waals surface area contributed by atoms with Gasteiger partial charge < -0.3 is 15.5 Å². The molecule has 1 aromatic rings. The molecule has 5 nitrogen and oxygen atoms in total. The summed E-state index contributed by atoms with van der Waals surface area (Å²) >= 11 is 0. The van der Waals surface area contributed by atoms with Crippen LogP contribution in [0.2, 0.25) is 0 Å². The van der Waals surface area contributed by atoms with Gasteiger partial charge in [0.05, 0.1) is 0 Å². The molecule has 0 fully saturated rings. The van der Waals surface area contributed by atoms with Crippen molar-refractivity contribution in [1.82, 2.24) is 9.97 Å². The van der Waals surface area contributed by atoms with Crippen LogP contribution in [0.4, 0.5) is 5.82 Å². The third-order valence-corrected chi connectivity index (χ3v) is 2.15. The number of nitrogen functional groups attached to an aromatic ring is 1. The molecular formula is C12H21N3O2. The summed E-state index contributed by atoms with van der Waals surface area (Å²) in [6, 6.07) is 0. The molecule has 0 aliphatic carbocycles. The van der Waals surface area contributed by atoms with Gasteiger partial charge in [-0.15, -0.1) is 0 Å². The van der Waals surface area contributed by atoms with Crippen molar-refractivity contribution in [2.75, 3.05) is 5.73 Å². The number of nitrogens with zero attached hydrogens (tertiary/aromatic N) is 1. The van der Waals surface area contributed by atoms with Gasteiger partial charge in [0.2, 0.25) is 0 Å². The first-order valence-electron chi connectivity index (χ1n) is 5.91. The highest BCUT2D eigenvalue weighted by Gasteiger charge is 2.22. The monoisotopic (exact) mass is 239 g/mol. The Morgan fingerprint density at radius 1 is 1.47 bits per heavy atom. The van der Waals surface area contributed by atoms with Gasteiger partial charge in [-0.25, -0.2) is 9.78 Å². The minimum atomic E-state index is -0.530. The molecule has 0 unspecified atom stereocenters. The highest BCUT2D eigenvalue weighted by atomic mass is 16.6. The molecule has 96 valence electrons. The van der Waals surface area contributed by atoms with Crippen LogP contribution >= 0.6 is 0 Å². The van der Waals surface area contributed by atoms with E-state index in [1.54, 1.807) is 0 Å². The van der Waals surface area contributed by atoms with E-state index in [4.69, 9.17) is 10.5 Å². The number of esters is 1. The summed E-state index contributed by atoms with van der Waals surface area (Å²) in [5, 5.41) is 0. The fraction of sp³-hybridized carbons (Fsp3) is 0.667. The second kappa shape index (κ2) is 5.21. The lowest BCUT2D eigenvalue weighted by molar-refractivity contribution is 0.00646. The number of H-pyrrole nitrogens is 1. The molecule has 1 aromatic heterocycles. The second-order valence-corrected chi connectivity index (χ2v) is 5.05. The number of hydrogen-bond acceptors (Lipinski definition) is 4. The average Bonchev–Trinajstić information content (AvgIpc) is 2.54. The van der Waals surface area contributed by atoms with Crippen LogP contribution in [0.5, 0.6) is 0 Å². The average molecular weight is 239 g/mol. The van der Waals surface area contributed by atoms with Gasteiger partial charge in [0, 0.05) is 6.42 Å². The van der Waals surface area contributed by atoms with Crippen molar-refractivity contribution < 1.29 is 9.53 Å². The number of anilines is 1. The maximum absolute atomic E-state index is 11.8. The van der Waals surface area contributed by atoms with E-state index in [9.17, 15) is 4.79 Å². The summed E-state index contributed by atoms with van der Waals surface area (Å²) < 4.78 is 5.23. The number of aromatic amines is 1. The number of carbonyl (C=O) groups is 1. The van der Waals surface area contributed by atoms with Gasteiger partial charge in [-0.2, -0.15) is 0 Å². The van der Waals surface area contributed by atoms with Crippen molar-refractivity contribution in [2.45, 2.75) is 52.6 Å². The highest BCUT2D eigenvalue weighted by molar-refractivity contribution is 5.92. The van der Waals surface area contributed by atoms with Crippen LogP contribution in [0.3, 0.4) is 0 Å². The molecule has 3 N–H and O–H groups in total. The van der Waals surface area contributed by atoms with Gasteiger partial charge in [0.25, 0.3) is 0 Å². The number of carbonyl (C=O) groups excluding carboxylic acids is 1. The van der Waals surface area contributed by atoms with Crippen LogP contribution in [0.1, 0.15) is 56.8 Å². The molecule has 0 saturated heterocycles. The van der Waals surface area contributed by atoms with Gasteiger partial charge in [0.15, 0.2) is 11.5 Å². The number of hydrogen-bond donors (Lipinski definition) is 2. The Balaban J connectivity index is 2.77. The Bertz CT molecular complexity index is 391. The normalized spacial score (nSPS) is 11.5.